The first-order chi connectivity index (χ1) is 36.6. The Hall–Kier alpha value is -6.73. The molecule has 17 nitrogen and oxygen atoms in total. The van der Waals surface area contributed by atoms with Crippen LogP contribution in [0.3, 0.4) is 0 Å². The summed E-state index contributed by atoms with van der Waals surface area (Å²) in [6.07, 6.45) is 10.4. The number of nitro groups is 1. The number of aromatic nitrogens is 2. The number of hydrogen-bond acceptors (Lipinski definition) is 14. The number of benzene rings is 4. The molecule has 1 atom stereocenters. The molecule has 6 aromatic rings. The number of pyridine rings is 1. The zero-order chi connectivity index (χ0) is 52.8. The van der Waals surface area contributed by atoms with Crippen LogP contribution < -0.4 is 29.1 Å². The first-order valence-corrected chi connectivity index (χ1v) is 28.3. The third-order valence-corrected chi connectivity index (χ3v) is 18.1. The number of aliphatic hydroxyl groups is 1. The smallest absolute Gasteiger partial charge is 0.293 e. The molecule has 76 heavy (non-hydrogen) atoms. The van der Waals surface area contributed by atoms with Gasteiger partial charge in [0.15, 0.2) is 11.5 Å². The first kappa shape index (κ1) is 51.4. The van der Waals surface area contributed by atoms with E-state index >= 15 is 0 Å². The number of carbonyl (C=O) groups is 1. The molecule has 4 N–H and O–H groups in total. The molecule has 4 aromatic carbocycles. The van der Waals surface area contributed by atoms with Crippen molar-refractivity contribution in [2.75, 3.05) is 62.7 Å². The number of anilines is 2. The van der Waals surface area contributed by atoms with E-state index in [-0.39, 0.29) is 34.4 Å². The average molecular weight is 1050 g/mol. The summed E-state index contributed by atoms with van der Waals surface area (Å²) in [5.74, 6) is 1.84. The highest BCUT2D eigenvalue weighted by Crippen LogP contribution is 2.54. The monoisotopic (exact) mass is 1050 g/mol. The van der Waals surface area contributed by atoms with Gasteiger partial charge in [0.25, 0.3) is 21.6 Å². The van der Waals surface area contributed by atoms with Crippen LogP contribution in [0.25, 0.3) is 11.0 Å². The minimum absolute atomic E-state index is 0.0322. The standard InChI is InChI=1S/C58H68N8O9S/c1-38(2)46-8-4-5-9-47(46)51-37-63(36-41-7-6-10-52-54(41)74-28-27-73-52)25-26-65(51)43-32-58(33-43)20-23-64(24-21-58)42-11-13-48(53(30-42)75-44-29-40-17-22-59-55(40)61-35-44)56(67)62-76(71,72)45-12-14-49(50(31-45)66(69)70)60-34-39-15-18-57(3,68)19-16-39/h4-14,17,22,29-31,35,38-39,43,51,60,68H,15-16,18-21,23-28,32-34,36-37H2,1-3H3,(H,59,61)(H,62,67)/t39-,51?,57-. The fourth-order valence-corrected chi connectivity index (χ4v) is 13.4. The fourth-order valence-electron chi connectivity index (χ4n) is 12.4. The second-order valence-corrected chi connectivity index (χ2v) is 24.0. The van der Waals surface area contributed by atoms with E-state index in [4.69, 9.17) is 14.2 Å². The van der Waals surface area contributed by atoms with Gasteiger partial charge < -0.3 is 34.5 Å². The Labute approximate surface area is 444 Å². The number of hydrogen-bond donors (Lipinski definition) is 4. The lowest BCUT2D eigenvalue weighted by atomic mass is 9.59. The molecule has 2 saturated heterocycles. The predicted octanol–water partition coefficient (Wildman–Crippen LogP) is 9.94. The number of sulfonamides is 1. The second kappa shape index (κ2) is 21.0. The van der Waals surface area contributed by atoms with Crippen molar-refractivity contribution in [2.24, 2.45) is 11.3 Å². The highest BCUT2D eigenvalue weighted by molar-refractivity contribution is 7.90. The number of amides is 1. The molecule has 2 aliphatic carbocycles. The van der Waals surface area contributed by atoms with E-state index in [1.54, 1.807) is 30.6 Å². The number of ether oxygens (including phenoxy) is 3. The topological polar surface area (TPSA) is 205 Å². The maximum Gasteiger partial charge on any atom is 0.293 e. The molecule has 1 spiro atoms. The number of fused-ring (bicyclic) bond motifs is 2. The second-order valence-electron chi connectivity index (χ2n) is 22.3. The largest absolute Gasteiger partial charge is 0.486 e. The first-order valence-electron chi connectivity index (χ1n) is 26.9. The summed E-state index contributed by atoms with van der Waals surface area (Å²) in [5, 5.41) is 26.5. The summed E-state index contributed by atoms with van der Waals surface area (Å²) in [6, 6.07) is 28.3. The number of piperidine rings is 1. The number of carbonyl (C=O) groups excluding carboxylic acids is 1. The van der Waals surface area contributed by atoms with Gasteiger partial charge >= 0.3 is 0 Å². The number of nitrogens with zero attached hydrogens (tertiary/aromatic N) is 5. The van der Waals surface area contributed by atoms with Crippen LogP contribution in [-0.4, -0.2) is 108 Å². The van der Waals surface area contributed by atoms with Crippen molar-refractivity contribution in [3.63, 3.8) is 0 Å². The Morgan fingerprint density at radius 1 is 0.947 bits per heavy atom. The Balaban J connectivity index is 0.780. The van der Waals surface area contributed by atoms with Crippen molar-refractivity contribution in [3.8, 4) is 23.0 Å². The Bertz CT molecular complexity index is 3230. The SMILES string of the molecule is CC(C)c1ccccc1C1CN(Cc2cccc3c2OCCO3)CCN1C1CC2(CCN(c3ccc(C(=O)NS(=O)(=O)c4ccc(NC[C@H]5CC[C@](C)(O)CC5)c([N+](=O)[O-])c4)c(Oc4cnc5[nH]ccc5c4)c3)CC2)C1. The molecule has 11 rings (SSSR count). The summed E-state index contributed by atoms with van der Waals surface area (Å²) in [7, 11) is -4.59. The van der Waals surface area contributed by atoms with Crippen LogP contribution in [0, 0.1) is 21.4 Å². The number of piperazine rings is 1. The van der Waals surface area contributed by atoms with Crippen molar-refractivity contribution < 1.29 is 37.5 Å². The van der Waals surface area contributed by atoms with E-state index in [9.17, 15) is 28.4 Å². The molecule has 400 valence electrons. The molecule has 2 saturated carbocycles. The Morgan fingerprint density at radius 3 is 2.53 bits per heavy atom. The maximum atomic E-state index is 14.1. The predicted molar refractivity (Wildman–Crippen MR) is 291 cm³/mol. The van der Waals surface area contributed by atoms with Crippen LogP contribution in [0.1, 0.15) is 111 Å². The Kier molecular flexibility index (Phi) is 14.2. The van der Waals surface area contributed by atoms with E-state index in [1.165, 1.54) is 28.8 Å². The summed E-state index contributed by atoms with van der Waals surface area (Å²) >= 11 is 0. The molecule has 5 aliphatic rings. The third-order valence-electron chi connectivity index (χ3n) is 16.8. The molecule has 5 heterocycles. The number of nitro benzene ring substituents is 1. The molecule has 1 unspecified atom stereocenters. The highest BCUT2D eigenvalue weighted by atomic mass is 32.2. The van der Waals surface area contributed by atoms with Crippen molar-refractivity contribution in [3.05, 3.63) is 136 Å². The minimum Gasteiger partial charge on any atom is -0.486 e. The lowest BCUT2D eigenvalue weighted by Crippen LogP contribution is -2.60. The molecule has 1 amide bonds. The van der Waals surface area contributed by atoms with E-state index in [1.807, 2.05) is 25.1 Å². The minimum atomic E-state index is -4.59. The number of para-hydroxylation sites is 1. The van der Waals surface area contributed by atoms with E-state index in [2.05, 4.69) is 85.0 Å². The number of H-pyrrole nitrogens is 1. The van der Waals surface area contributed by atoms with Crippen molar-refractivity contribution >= 4 is 44.0 Å². The molecular weight excluding hydrogens is 985 g/mol. The quantitative estimate of drug-likeness (QED) is 0.0558. The van der Waals surface area contributed by atoms with Crippen LogP contribution in [-0.2, 0) is 16.6 Å². The molecule has 4 fully saturated rings. The van der Waals surface area contributed by atoms with Gasteiger partial charge in [-0.1, -0.05) is 50.2 Å². The van der Waals surface area contributed by atoms with Crippen LogP contribution in [0.5, 0.6) is 23.0 Å². The summed E-state index contributed by atoms with van der Waals surface area (Å²) < 4.78 is 48.4. The number of aromatic amines is 1. The van der Waals surface area contributed by atoms with Gasteiger partial charge in [-0.25, -0.2) is 18.1 Å². The molecule has 3 aliphatic heterocycles. The number of rotatable bonds is 15. The lowest BCUT2D eigenvalue weighted by Gasteiger charge is -2.58. The van der Waals surface area contributed by atoms with Crippen molar-refractivity contribution in [1.82, 2.24) is 24.5 Å². The third kappa shape index (κ3) is 10.8. The van der Waals surface area contributed by atoms with Gasteiger partial charge in [0.2, 0.25) is 0 Å². The van der Waals surface area contributed by atoms with Crippen LogP contribution >= 0.6 is 0 Å². The zero-order valence-electron chi connectivity index (χ0n) is 43.5. The molecule has 0 radical (unpaired) electrons. The molecule has 18 heteroatoms. The average Bonchev–Trinajstić information content (AvgIpc) is 3.92. The normalized spacial score (nSPS) is 22.1. The molecular formula is C58H68N8O9S. The maximum absolute atomic E-state index is 14.1. The highest BCUT2D eigenvalue weighted by Gasteiger charge is 2.50. The summed E-state index contributed by atoms with van der Waals surface area (Å²) in [4.78, 5) is 40.5. The molecule has 0 bridgehead atoms. The van der Waals surface area contributed by atoms with Crippen LogP contribution in [0.15, 0.2) is 108 Å². The zero-order valence-corrected chi connectivity index (χ0v) is 44.3. The lowest BCUT2D eigenvalue weighted by molar-refractivity contribution is -0.384. The molecule has 2 aromatic heterocycles. The Morgan fingerprint density at radius 2 is 1.74 bits per heavy atom. The van der Waals surface area contributed by atoms with Gasteiger partial charge in [-0.05, 0) is 129 Å². The van der Waals surface area contributed by atoms with Crippen LogP contribution in [0.4, 0.5) is 17.1 Å². The summed E-state index contributed by atoms with van der Waals surface area (Å²) in [5.41, 5.74) is 4.69. The van der Waals surface area contributed by atoms with Gasteiger partial charge in [-0.3, -0.25) is 24.7 Å². The van der Waals surface area contributed by atoms with Gasteiger partial charge in [0, 0.05) is 92.9 Å². The van der Waals surface area contributed by atoms with E-state index in [0.29, 0.717) is 56.0 Å². The number of nitrogens with one attached hydrogen (secondary N) is 3. The van der Waals surface area contributed by atoms with E-state index < -0.39 is 37.0 Å². The van der Waals surface area contributed by atoms with Gasteiger partial charge in [0.1, 0.15) is 36.0 Å². The fraction of sp³-hybridized carbons (Fsp3) is 0.448. The van der Waals surface area contributed by atoms with Crippen molar-refractivity contribution in [2.45, 2.75) is 107 Å². The van der Waals surface area contributed by atoms with Gasteiger partial charge in [0.05, 0.1) is 27.2 Å². The van der Waals surface area contributed by atoms with Crippen LogP contribution in [0.2, 0.25) is 0 Å². The van der Waals surface area contributed by atoms with Gasteiger partial charge in [-0.15, -0.1) is 0 Å². The summed E-state index contributed by atoms with van der Waals surface area (Å²) in [6.45, 7) is 13.2. The van der Waals surface area contributed by atoms with E-state index in [0.717, 1.165) is 106 Å². The van der Waals surface area contributed by atoms with Gasteiger partial charge in [-0.2, -0.15) is 0 Å². The van der Waals surface area contributed by atoms with Crippen molar-refractivity contribution in [1.29, 1.82) is 0 Å².